The zero-order chi connectivity index (χ0) is 15.6. The molecule has 116 valence electrons. The summed E-state index contributed by atoms with van der Waals surface area (Å²) in [7, 11) is 1.67. The van der Waals surface area contributed by atoms with Crippen molar-refractivity contribution in [3.8, 4) is 5.75 Å². The molecule has 2 aromatic rings. The summed E-state index contributed by atoms with van der Waals surface area (Å²) in [6, 6.07) is 14.8. The first kappa shape index (κ1) is 16.6. The van der Waals surface area contributed by atoms with Crippen molar-refractivity contribution in [3.05, 3.63) is 63.1 Å². The topological polar surface area (TPSA) is 9.23 Å². The molecule has 1 aliphatic heterocycles. The first-order chi connectivity index (χ1) is 10.7. The van der Waals surface area contributed by atoms with Gasteiger partial charge in [0.1, 0.15) is 9.83 Å². The largest absolute Gasteiger partial charge is 0.495 e. The van der Waals surface area contributed by atoms with Gasteiger partial charge in [0.2, 0.25) is 0 Å². The van der Waals surface area contributed by atoms with E-state index in [9.17, 15) is 0 Å². The Hall–Kier alpha value is -0.290. The van der Waals surface area contributed by atoms with Gasteiger partial charge in [0.25, 0.3) is 0 Å². The van der Waals surface area contributed by atoms with Crippen LogP contribution >= 0.6 is 51.1 Å². The molecule has 0 amide bonds. The maximum absolute atomic E-state index is 6.20. The lowest BCUT2D eigenvalue weighted by Crippen LogP contribution is -2.24. The fraction of sp³-hybridized carbons (Fsp3) is 0.294. The molecular weight excluding hydrogens is 400 g/mol. The normalized spacial score (nSPS) is 17.2. The molecule has 22 heavy (non-hydrogen) atoms. The smallest absolute Gasteiger partial charge is 0.137 e. The highest BCUT2D eigenvalue weighted by molar-refractivity contribution is 9.10. The van der Waals surface area contributed by atoms with Crippen molar-refractivity contribution in [2.24, 2.45) is 0 Å². The van der Waals surface area contributed by atoms with Gasteiger partial charge >= 0.3 is 0 Å². The molecule has 1 saturated heterocycles. The van der Waals surface area contributed by atoms with E-state index in [1.807, 2.05) is 29.6 Å². The summed E-state index contributed by atoms with van der Waals surface area (Å²) >= 11 is 13.7. The number of halogens is 2. The summed E-state index contributed by atoms with van der Waals surface area (Å²) in [5.74, 6) is 3.06. The number of ether oxygens (including phenoxy) is 1. The van der Waals surface area contributed by atoms with Crippen LogP contribution in [0.25, 0.3) is 0 Å². The van der Waals surface area contributed by atoms with E-state index in [1.165, 1.54) is 17.5 Å². The van der Waals surface area contributed by atoms with Crippen LogP contribution < -0.4 is 4.74 Å². The summed E-state index contributed by atoms with van der Waals surface area (Å²) < 4.78 is 6.43. The molecule has 0 unspecified atom stereocenters. The van der Waals surface area contributed by atoms with Crippen molar-refractivity contribution < 1.29 is 4.74 Å². The number of rotatable bonds is 3. The summed E-state index contributed by atoms with van der Waals surface area (Å²) in [6.07, 6.45) is 1.25. The zero-order valence-corrected chi connectivity index (χ0v) is 16.1. The van der Waals surface area contributed by atoms with Gasteiger partial charge in [0.15, 0.2) is 0 Å². The van der Waals surface area contributed by atoms with Crippen LogP contribution in [0.3, 0.4) is 0 Å². The monoisotopic (exact) mass is 414 g/mol. The van der Waals surface area contributed by atoms with Gasteiger partial charge in [-0.15, -0.1) is 23.5 Å². The van der Waals surface area contributed by atoms with E-state index in [0.29, 0.717) is 5.02 Å². The molecule has 0 N–H and O–H groups in total. The SMILES string of the molecule is COc1cc(C2(c3ccc(Br)cc3)SCCCS2)ccc1Cl. The first-order valence-electron chi connectivity index (χ1n) is 7.04. The average Bonchev–Trinajstić information content (AvgIpc) is 2.56. The van der Waals surface area contributed by atoms with E-state index in [0.717, 1.165) is 21.7 Å². The Balaban J connectivity index is 2.11. The summed E-state index contributed by atoms with van der Waals surface area (Å²) in [5, 5.41) is 0.656. The maximum atomic E-state index is 6.20. The Bertz CT molecular complexity index is 654. The predicted octanol–water partition coefficient (Wildman–Crippen LogP) is 6.18. The number of methoxy groups -OCH3 is 1. The molecule has 1 heterocycles. The van der Waals surface area contributed by atoms with E-state index in [2.05, 4.69) is 52.3 Å². The lowest BCUT2D eigenvalue weighted by molar-refractivity contribution is 0.414. The number of hydrogen-bond donors (Lipinski definition) is 0. The van der Waals surface area contributed by atoms with Gasteiger partial charge in [0.05, 0.1) is 12.1 Å². The molecule has 1 fully saturated rings. The Morgan fingerprint density at radius 3 is 2.32 bits per heavy atom. The van der Waals surface area contributed by atoms with Gasteiger partial charge < -0.3 is 4.74 Å². The van der Waals surface area contributed by atoms with Crippen LogP contribution in [0.1, 0.15) is 17.5 Å². The molecule has 0 spiro atoms. The van der Waals surface area contributed by atoms with Gasteiger partial charge in [-0.3, -0.25) is 0 Å². The average molecular weight is 416 g/mol. The Morgan fingerprint density at radius 2 is 1.68 bits per heavy atom. The van der Waals surface area contributed by atoms with Crippen molar-refractivity contribution in [1.29, 1.82) is 0 Å². The van der Waals surface area contributed by atoms with Crippen molar-refractivity contribution in [2.45, 2.75) is 10.5 Å². The minimum Gasteiger partial charge on any atom is -0.495 e. The maximum Gasteiger partial charge on any atom is 0.137 e. The van der Waals surface area contributed by atoms with Gasteiger partial charge in [-0.1, -0.05) is 45.7 Å². The van der Waals surface area contributed by atoms with Gasteiger partial charge in [-0.05, 0) is 53.3 Å². The molecule has 0 atom stereocenters. The molecule has 1 nitrogen and oxygen atoms in total. The lowest BCUT2D eigenvalue weighted by atomic mass is 10.0. The second-order valence-corrected chi connectivity index (χ2v) is 9.22. The highest BCUT2D eigenvalue weighted by Crippen LogP contribution is 2.55. The van der Waals surface area contributed by atoms with Gasteiger partial charge in [-0.2, -0.15) is 0 Å². The predicted molar refractivity (Wildman–Crippen MR) is 102 cm³/mol. The Kier molecular flexibility index (Phi) is 5.33. The van der Waals surface area contributed by atoms with Crippen LogP contribution in [-0.2, 0) is 4.08 Å². The van der Waals surface area contributed by atoms with Gasteiger partial charge in [0, 0.05) is 4.47 Å². The van der Waals surface area contributed by atoms with E-state index in [4.69, 9.17) is 16.3 Å². The van der Waals surface area contributed by atoms with E-state index in [-0.39, 0.29) is 4.08 Å². The molecule has 0 saturated carbocycles. The molecule has 1 aliphatic rings. The highest BCUT2D eigenvalue weighted by Gasteiger charge is 2.38. The van der Waals surface area contributed by atoms with Crippen LogP contribution in [0, 0.1) is 0 Å². The minimum absolute atomic E-state index is 0.0865. The molecular formula is C17H16BrClOS2. The number of hydrogen-bond acceptors (Lipinski definition) is 3. The second kappa shape index (κ2) is 7.08. The van der Waals surface area contributed by atoms with Crippen LogP contribution in [0.15, 0.2) is 46.9 Å². The second-order valence-electron chi connectivity index (χ2n) is 5.02. The minimum atomic E-state index is -0.0865. The molecule has 0 radical (unpaired) electrons. The van der Waals surface area contributed by atoms with Crippen molar-refractivity contribution in [1.82, 2.24) is 0 Å². The van der Waals surface area contributed by atoms with Crippen LogP contribution in [0.4, 0.5) is 0 Å². The fourth-order valence-corrected chi connectivity index (χ4v) is 6.39. The van der Waals surface area contributed by atoms with E-state index < -0.39 is 0 Å². The summed E-state index contributed by atoms with van der Waals surface area (Å²) in [6.45, 7) is 0. The third kappa shape index (κ3) is 3.16. The molecule has 0 aliphatic carbocycles. The number of thioether (sulfide) groups is 2. The molecule has 3 rings (SSSR count). The molecule has 2 aromatic carbocycles. The molecule has 0 bridgehead atoms. The number of benzene rings is 2. The van der Waals surface area contributed by atoms with Crippen molar-refractivity contribution >= 4 is 51.1 Å². The molecule has 5 heteroatoms. The summed E-state index contributed by atoms with van der Waals surface area (Å²) in [4.78, 5) is 0. The third-order valence-corrected chi connectivity index (χ3v) is 7.94. The summed E-state index contributed by atoms with van der Waals surface area (Å²) in [5.41, 5.74) is 2.56. The van der Waals surface area contributed by atoms with Gasteiger partial charge in [-0.25, -0.2) is 0 Å². The third-order valence-electron chi connectivity index (χ3n) is 3.65. The Morgan fingerprint density at radius 1 is 1.05 bits per heavy atom. The standard InChI is InChI=1S/C17H16BrClOS2/c1-20-16-11-13(5-8-15(16)19)17(21-9-2-10-22-17)12-3-6-14(18)7-4-12/h3-8,11H,2,9-10H2,1H3. The first-order valence-corrected chi connectivity index (χ1v) is 10.2. The van der Waals surface area contributed by atoms with Crippen molar-refractivity contribution in [2.75, 3.05) is 18.6 Å². The zero-order valence-electron chi connectivity index (χ0n) is 12.1. The van der Waals surface area contributed by atoms with Crippen molar-refractivity contribution in [3.63, 3.8) is 0 Å². The van der Waals surface area contributed by atoms with Crippen LogP contribution in [-0.4, -0.2) is 18.6 Å². The van der Waals surface area contributed by atoms with E-state index >= 15 is 0 Å². The fourth-order valence-electron chi connectivity index (χ4n) is 2.57. The Labute approximate surface area is 153 Å². The van der Waals surface area contributed by atoms with Crippen LogP contribution in [0.2, 0.25) is 5.02 Å². The van der Waals surface area contributed by atoms with Crippen LogP contribution in [0.5, 0.6) is 5.75 Å². The van der Waals surface area contributed by atoms with E-state index in [1.54, 1.807) is 7.11 Å². The molecule has 0 aromatic heterocycles. The lowest BCUT2D eigenvalue weighted by Gasteiger charge is -2.37. The highest BCUT2D eigenvalue weighted by atomic mass is 79.9. The quantitative estimate of drug-likeness (QED) is 0.592.